The molecule has 10 heteroatoms. The molecule has 0 aromatic rings. The van der Waals surface area contributed by atoms with Crippen LogP contribution in [0, 0.1) is 0 Å². The second-order valence-corrected chi connectivity index (χ2v) is 0. The lowest BCUT2D eigenvalue weighted by Gasteiger charge is -0.413. The maximum atomic E-state index is 0. The van der Waals surface area contributed by atoms with Crippen LogP contribution < -0.4 is 0 Å². The summed E-state index contributed by atoms with van der Waals surface area (Å²) < 4.78 is 0. The van der Waals surface area contributed by atoms with Crippen molar-refractivity contribution in [3.63, 3.8) is 0 Å². The Labute approximate surface area is 92.3 Å². The SMILES string of the molecule is Cl.Cl.O.O.O.O.O.O.[AlH3].[AlH3]. The zero-order valence-electron chi connectivity index (χ0n) is 3.82. The second-order valence-electron chi connectivity index (χ2n) is 0. The van der Waals surface area contributed by atoms with Gasteiger partial charge in [-0.15, -0.1) is 24.8 Å². The van der Waals surface area contributed by atoms with E-state index in [-0.39, 0.29) is 92.4 Å². The van der Waals surface area contributed by atoms with Crippen LogP contribution >= 0.6 is 24.8 Å². The molecule has 0 spiro atoms. The van der Waals surface area contributed by atoms with Crippen molar-refractivity contribution in [1.29, 1.82) is 0 Å². The Morgan fingerprint density at radius 2 is 0.300 bits per heavy atom. The van der Waals surface area contributed by atoms with Gasteiger partial charge in [-0.25, -0.2) is 0 Å². The average molecular weight is 241 g/mol. The number of halogens is 2. The Hall–Kier alpha value is 1.40. The van der Waals surface area contributed by atoms with E-state index in [1.54, 1.807) is 0 Å². The van der Waals surface area contributed by atoms with E-state index < -0.39 is 0 Å². The third-order valence-corrected chi connectivity index (χ3v) is 0. The highest BCUT2D eigenvalue weighted by Gasteiger charge is 0.188. The average Bonchev–Trinajstić information content (AvgIpc) is 0. The molecule has 0 amide bonds. The summed E-state index contributed by atoms with van der Waals surface area (Å²) in [6.45, 7) is 0. The molecule has 0 unspecified atom stereocenters. The summed E-state index contributed by atoms with van der Waals surface area (Å²) in [6, 6.07) is 0. The molecule has 6 nitrogen and oxygen atoms in total. The molecule has 0 aliphatic carbocycles. The predicted molar refractivity (Wildman–Crippen MR) is 56.1 cm³/mol. The smallest absolute Gasteiger partial charge is 0.187 e. The van der Waals surface area contributed by atoms with Gasteiger partial charge < -0.3 is 32.9 Å². The molecule has 76 valence electrons. The minimum Gasteiger partial charge on any atom is -0.412 e. The normalized spacial score (nSPS) is 0. The Bertz CT molecular complexity index is 13.7. The van der Waals surface area contributed by atoms with Gasteiger partial charge >= 0.3 is 0 Å². The quantitative estimate of drug-likeness (QED) is 0.364. The van der Waals surface area contributed by atoms with Crippen molar-refractivity contribution >= 4 is 59.5 Å². The van der Waals surface area contributed by atoms with Gasteiger partial charge in [-0.1, -0.05) is 0 Å². The minimum absolute atomic E-state index is 0. The maximum absolute atomic E-state index is 0. The Morgan fingerprint density at radius 3 is 0.300 bits per heavy atom. The summed E-state index contributed by atoms with van der Waals surface area (Å²) in [4.78, 5) is 0. The van der Waals surface area contributed by atoms with Crippen LogP contribution in [0.25, 0.3) is 0 Å². The van der Waals surface area contributed by atoms with E-state index in [1.165, 1.54) is 0 Å². The van der Waals surface area contributed by atoms with E-state index in [0.717, 1.165) is 0 Å². The maximum Gasteiger partial charge on any atom is 0.187 e. The van der Waals surface area contributed by atoms with Crippen LogP contribution in [0.1, 0.15) is 0 Å². The van der Waals surface area contributed by atoms with E-state index in [0.29, 0.717) is 0 Å². The summed E-state index contributed by atoms with van der Waals surface area (Å²) >= 11 is 0. The summed E-state index contributed by atoms with van der Waals surface area (Å²) in [6.07, 6.45) is 0. The van der Waals surface area contributed by atoms with Crippen molar-refractivity contribution in [2.24, 2.45) is 0 Å². The molecular formula is H20Al2Cl2O6. The van der Waals surface area contributed by atoms with Crippen LogP contribution in [-0.4, -0.2) is 67.6 Å². The number of rotatable bonds is 0. The third kappa shape index (κ3) is 337. The van der Waals surface area contributed by atoms with Gasteiger partial charge in [0.25, 0.3) is 0 Å². The van der Waals surface area contributed by atoms with Crippen molar-refractivity contribution in [3.05, 3.63) is 0 Å². The molecule has 0 saturated carbocycles. The molecule has 10 heavy (non-hydrogen) atoms. The molecule has 0 aromatic heterocycles. The van der Waals surface area contributed by atoms with E-state index in [1.807, 2.05) is 0 Å². The molecule has 0 heterocycles. The highest BCUT2D eigenvalue weighted by atomic mass is 35.5. The van der Waals surface area contributed by atoms with Crippen molar-refractivity contribution in [1.82, 2.24) is 0 Å². The largest absolute Gasteiger partial charge is 0.412 e. The van der Waals surface area contributed by atoms with Crippen molar-refractivity contribution in [2.45, 2.75) is 0 Å². The highest BCUT2D eigenvalue weighted by molar-refractivity contribution is 5.85. The Morgan fingerprint density at radius 1 is 0.300 bits per heavy atom. The first-order valence-corrected chi connectivity index (χ1v) is 0. The summed E-state index contributed by atoms with van der Waals surface area (Å²) in [5.41, 5.74) is 0. The first-order valence-electron chi connectivity index (χ1n) is 0. The summed E-state index contributed by atoms with van der Waals surface area (Å²) in [5, 5.41) is 0. The van der Waals surface area contributed by atoms with E-state index in [2.05, 4.69) is 0 Å². The van der Waals surface area contributed by atoms with E-state index in [4.69, 9.17) is 0 Å². The molecular weight excluding hydrogens is 221 g/mol. The first kappa shape index (κ1) is 626. The number of hydrogen-bond acceptors (Lipinski definition) is 0. The summed E-state index contributed by atoms with van der Waals surface area (Å²) in [7, 11) is 0. The molecule has 12 N–H and O–H groups in total. The van der Waals surface area contributed by atoms with Gasteiger partial charge in [0.05, 0.1) is 0 Å². The zero-order chi connectivity index (χ0) is 0. The van der Waals surface area contributed by atoms with Gasteiger partial charge in [0.15, 0.2) is 34.7 Å². The van der Waals surface area contributed by atoms with Gasteiger partial charge in [-0.05, 0) is 0 Å². The second kappa shape index (κ2) is 466. The Kier molecular flexibility index (Phi) is 29200. The molecule has 0 saturated heterocycles. The van der Waals surface area contributed by atoms with Crippen LogP contribution in [-0.2, 0) is 0 Å². The van der Waals surface area contributed by atoms with E-state index >= 15 is 0 Å². The van der Waals surface area contributed by atoms with Gasteiger partial charge in [-0.2, -0.15) is 0 Å². The van der Waals surface area contributed by atoms with Gasteiger partial charge in [-0.3, -0.25) is 0 Å². The predicted octanol–water partition coefficient (Wildman–Crippen LogP) is -6.47. The zero-order valence-corrected chi connectivity index (χ0v) is 5.45. The lowest BCUT2D eigenvalue weighted by atomic mass is 16.0. The van der Waals surface area contributed by atoms with E-state index in [9.17, 15) is 0 Å². The molecule has 0 bridgehead atoms. The molecule has 0 aliphatic heterocycles. The van der Waals surface area contributed by atoms with Crippen molar-refractivity contribution in [2.75, 3.05) is 0 Å². The van der Waals surface area contributed by atoms with Crippen LogP contribution in [0.4, 0.5) is 0 Å². The molecule has 0 aromatic carbocycles. The molecule has 0 atom stereocenters. The van der Waals surface area contributed by atoms with Crippen LogP contribution in [0.2, 0.25) is 0 Å². The fourth-order valence-electron chi connectivity index (χ4n) is 0. The van der Waals surface area contributed by atoms with Gasteiger partial charge in [0, 0.05) is 0 Å². The van der Waals surface area contributed by atoms with Crippen molar-refractivity contribution in [3.8, 4) is 0 Å². The minimum atomic E-state index is 0. The monoisotopic (exact) mass is 240 g/mol. The molecule has 0 rings (SSSR count). The Balaban J connectivity index is 0. The lowest BCUT2D eigenvalue weighted by molar-refractivity contribution is 0.823. The first-order chi connectivity index (χ1) is 0. The standard InChI is InChI=1S/2Al.2ClH.6H2O.6H/h;;2*1H;6*1H2;;;;;;. The molecule has 0 aliphatic rings. The fourth-order valence-corrected chi connectivity index (χ4v) is 0. The third-order valence-electron chi connectivity index (χ3n) is 0. The lowest BCUT2D eigenvalue weighted by Crippen LogP contribution is -0.382. The van der Waals surface area contributed by atoms with Gasteiger partial charge in [0.2, 0.25) is 0 Å². The highest BCUT2D eigenvalue weighted by Crippen LogP contribution is 0.691. The van der Waals surface area contributed by atoms with Gasteiger partial charge in [0.1, 0.15) is 0 Å². The topological polar surface area (TPSA) is 189 Å². The number of hydrogen-bond donors (Lipinski definition) is 0. The summed E-state index contributed by atoms with van der Waals surface area (Å²) in [5.74, 6) is 0. The molecule has 0 radical (unpaired) electrons. The molecule has 0 fully saturated rings. The fraction of sp³-hybridized carbons (Fsp3) is 0. The van der Waals surface area contributed by atoms with Crippen LogP contribution in [0.5, 0.6) is 0 Å². The van der Waals surface area contributed by atoms with Crippen LogP contribution in [0.15, 0.2) is 0 Å². The van der Waals surface area contributed by atoms with Crippen LogP contribution in [0.3, 0.4) is 0 Å². The van der Waals surface area contributed by atoms with Crippen molar-refractivity contribution < 1.29 is 32.9 Å².